The molecule has 1 aliphatic rings. The Labute approximate surface area is 185 Å². The summed E-state index contributed by atoms with van der Waals surface area (Å²) in [5.74, 6) is -1.24. The number of amides is 1. The van der Waals surface area contributed by atoms with Crippen molar-refractivity contribution >= 4 is 44.7 Å². The Kier molecular flexibility index (Phi) is 7.11. The number of rotatable bonds is 8. The highest BCUT2D eigenvalue weighted by atomic mass is 32.2. The second-order valence-corrected chi connectivity index (χ2v) is 10.2. The van der Waals surface area contributed by atoms with E-state index >= 15 is 0 Å². The van der Waals surface area contributed by atoms with Crippen LogP contribution in [-0.4, -0.2) is 45.5 Å². The maximum Gasteiger partial charge on any atom is 0.308 e. The number of nitrogens with one attached hydrogen (secondary N) is 1. The number of sulfonamides is 1. The third kappa shape index (κ3) is 5.92. The van der Waals surface area contributed by atoms with Gasteiger partial charge in [0.2, 0.25) is 15.9 Å². The zero-order valence-corrected chi connectivity index (χ0v) is 18.9. The predicted molar refractivity (Wildman–Crippen MR) is 118 cm³/mol. The second-order valence-electron chi connectivity index (χ2n) is 7.34. The van der Waals surface area contributed by atoms with E-state index in [9.17, 15) is 22.8 Å². The number of anilines is 1. The fraction of sp³-hybridized carbons (Fsp3) is 0.381. The standard InChI is InChI=1S/C21H24N2O6S2/c1-14(24)22-17(20-6-4-10-30-20)12-21(26)29-13-19(25)16-7-8-18-15(11-16)5-3-9-23(18)31(2,27)28/h4,6-8,10-11,17H,3,5,9,12-13H2,1-2H3,(H,22,24). The lowest BCUT2D eigenvalue weighted by molar-refractivity contribution is -0.143. The SMILES string of the molecule is CC(=O)NC(CC(=O)OCC(=O)c1ccc2c(c1)CCCN2S(C)(=O)=O)c1cccs1. The number of aryl methyl sites for hydroxylation is 1. The average Bonchev–Trinajstić information content (AvgIpc) is 3.24. The molecule has 8 nitrogen and oxygen atoms in total. The Bertz CT molecular complexity index is 1080. The van der Waals surface area contributed by atoms with Gasteiger partial charge < -0.3 is 10.1 Å². The highest BCUT2D eigenvalue weighted by Gasteiger charge is 2.25. The summed E-state index contributed by atoms with van der Waals surface area (Å²) < 4.78 is 30.4. The van der Waals surface area contributed by atoms with E-state index in [1.807, 2.05) is 17.5 Å². The lowest BCUT2D eigenvalue weighted by Gasteiger charge is -2.29. The lowest BCUT2D eigenvalue weighted by atomic mass is 9.99. The van der Waals surface area contributed by atoms with E-state index in [0.717, 1.165) is 16.7 Å². The molecule has 1 N–H and O–H groups in total. The van der Waals surface area contributed by atoms with Gasteiger partial charge in [0.25, 0.3) is 0 Å². The number of thiophene rings is 1. The van der Waals surface area contributed by atoms with Gasteiger partial charge in [-0.2, -0.15) is 0 Å². The first-order valence-electron chi connectivity index (χ1n) is 9.75. The molecule has 3 rings (SSSR count). The maximum absolute atomic E-state index is 12.5. The first-order valence-corrected chi connectivity index (χ1v) is 12.5. The van der Waals surface area contributed by atoms with E-state index < -0.39 is 28.6 Å². The van der Waals surface area contributed by atoms with Crippen LogP contribution in [0.3, 0.4) is 0 Å². The summed E-state index contributed by atoms with van der Waals surface area (Å²) in [6.07, 6.45) is 2.41. The Morgan fingerprint density at radius 3 is 2.68 bits per heavy atom. The fourth-order valence-electron chi connectivity index (χ4n) is 3.49. The smallest absolute Gasteiger partial charge is 0.308 e. The molecule has 0 radical (unpaired) electrons. The van der Waals surface area contributed by atoms with Gasteiger partial charge in [-0.15, -0.1) is 11.3 Å². The van der Waals surface area contributed by atoms with E-state index in [2.05, 4.69) is 5.32 Å². The van der Waals surface area contributed by atoms with Crippen molar-refractivity contribution in [3.8, 4) is 0 Å². The number of Topliss-reactive ketones (excluding diaryl/α,β-unsaturated/α-hetero) is 1. The molecule has 1 atom stereocenters. The molecule has 0 saturated heterocycles. The highest BCUT2D eigenvalue weighted by Crippen LogP contribution is 2.30. The minimum absolute atomic E-state index is 0.0825. The molecular formula is C21H24N2O6S2. The van der Waals surface area contributed by atoms with Crippen molar-refractivity contribution in [3.05, 3.63) is 51.7 Å². The Hall–Kier alpha value is -2.72. The Balaban J connectivity index is 1.63. The van der Waals surface area contributed by atoms with E-state index in [4.69, 9.17) is 4.74 Å². The largest absolute Gasteiger partial charge is 0.457 e. The highest BCUT2D eigenvalue weighted by molar-refractivity contribution is 7.92. The number of esters is 1. The summed E-state index contributed by atoms with van der Waals surface area (Å²) in [4.78, 5) is 37.0. The molecule has 1 aromatic heterocycles. The molecule has 1 aliphatic heterocycles. The number of carbonyl (C=O) groups excluding carboxylic acids is 3. The summed E-state index contributed by atoms with van der Waals surface area (Å²) in [5.41, 5.74) is 1.72. The third-order valence-corrected chi connectivity index (χ3v) is 7.04. The zero-order valence-electron chi connectivity index (χ0n) is 17.3. The van der Waals surface area contributed by atoms with Crippen LogP contribution < -0.4 is 9.62 Å². The molecule has 0 fully saturated rings. The summed E-state index contributed by atoms with van der Waals surface area (Å²) in [6.45, 7) is 1.36. The van der Waals surface area contributed by atoms with Gasteiger partial charge in [-0.25, -0.2) is 8.42 Å². The van der Waals surface area contributed by atoms with Gasteiger partial charge in [0.15, 0.2) is 12.4 Å². The van der Waals surface area contributed by atoms with Crippen LogP contribution in [-0.2, 0) is 30.8 Å². The van der Waals surface area contributed by atoms with Gasteiger partial charge in [0.1, 0.15) is 0 Å². The molecule has 0 spiro atoms. The Morgan fingerprint density at radius 2 is 2.03 bits per heavy atom. The second kappa shape index (κ2) is 9.61. The quantitative estimate of drug-likeness (QED) is 0.475. The molecule has 0 saturated carbocycles. The van der Waals surface area contributed by atoms with Crippen molar-refractivity contribution in [1.82, 2.24) is 5.32 Å². The molecule has 1 amide bonds. The molecule has 10 heteroatoms. The van der Waals surface area contributed by atoms with Gasteiger partial charge in [-0.1, -0.05) is 6.07 Å². The van der Waals surface area contributed by atoms with Crippen LogP contribution in [0, 0.1) is 0 Å². The number of ketones is 1. The van der Waals surface area contributed by atoms with Crippen LogP contribution in [0.4, 0.5) is 5.69 Å². The molecule has 166 valence electrons. The Morgan fingerprint density at radius 1 is 1.26 bits per heavy atom. The fourth-order valence-corrected chi connectivity index (χ4v) is 5.27. The van der Waals surface area contributed by atoms with Crippen LogP contribution >= 0.6 is 11.3 Å². The summed E-state index contributed by atoms with van der Waals surface area (Å²) in [5, 5.41) is 4.56. The molecule has 2 aromatic rings. The van der Waals surface area contributed by atoms with E-state index in [0.29, 0.717) is 30.6 Å². The normalized spacial score (nSPS) is 14.5. The maximum atomic E-state index is 12.5. The van der Waals surface area contributed by atoms with E-state index in [1.165, 1.54) is 22.6 Å². The van der Waals surface area contributed by atoms with Crippen molar-refractivity contribution in [3.63, 3.8) is 0 Å². The van der Waals surface area contributed by atoms with E-state index in [-0.39, 0.29) is 18.1 Å². The minimum Gasteiger partial charge on any atom is -0.457 e. The van der Waals surface area contributed by atoms with Crippen molar-refractivity contribution in [2.75, 3.05) is 23.7 Å². The van der Waals surface area contributed by atoms with Gasteiger partial charge >= 0.3 is 5.97 Å². The van der Waals surface area contributed by atoms with Crippen LogP contribution in [0.1, 0.15) is 46.6 Å². The number of ether oxygens (including phenoxy) is 1. The average molecular weight is 465 g/mol. The van der Waals surface area contributed by atoms with Crippen LogP contribution in [0.5, 0.6) is 0 Å². The van der Waals surface area contributed by atoms with Gasteiger partial charge in [0, 0.05) is 23.9 Å². The minimum atomic E-state index is -3.38. The van der Waals surface area contributed by atoms with E-state index in [1.54, 1.807) is 18.2 Å². The molecule has 2 heterocycles. The lowest BCUT2D eigenvalue weighted by Crippen LogP contribution is -2.34. The van der Waals surface area contributed by atoms with Crippen molar-refractivity contribution in [2.45, 2.75) is 32.2 Å². The number of benzene rings is 1. The van der Waals surface area contributed by atoms with Crippen LogP contribution in [0.2, 0.25) is 0 Å². The number of hydrogen-bond acceptors (Lipinski definition) is 7. The topological polar surface area (TPSA) is 110 Å². The molecule has 1 aromatic carbocycles. The zero-order chi connectivity index (χ0) is 22.6. The molecule has 0 aliphatic carbocycles. The van der Waals surface area contributed by atoms with Crippen molar-refractivity contribution < 1.29 is 27.5 Å². The number of carbonyl (C=O) groups is 3. The summed E-state index contributed by atoms with van der Waals surface area (Å²) in [6, 6.07) is 7.96. The van der Waals surface area contributed by atoms with Gasteiger partial charge in [-0.3, -0.25) is 18.7 Å². The molecule has 0 bridgehead atoms. The number of hydrogen-bond donors (Lipinski definition) is 1. The first-order chi connectivity index (χ1) is 14.6. The molecule has 31 heavy (non-hydrogen) atoms. The number of nitrogens with zero attached hydrogens (tertiary/aromatic N) is 1. The monoisotopic (exact) mass is 464 g/mol. The molecular weight excluding hydrogens is 440 g/mol. The summed E-state index contributed by atoms with van der Waals surface area (Å²) in [7, 11) is -3.38. The third-order valence-electron chi connectivity index (χ3n) is 4.88. The van der Waals surface area contributed by atoms with Crippen LogP contribution in [0.25, 0.3) is 0 Å². The van der Waals surface area contributed by atoms with Crippen molar-refractivity contribution in [1.29, 1.82) is 0 Å². The first kappa shape index (κ1) is 23.0. The number of fused-ring (bicyclic) bond motifs is 1. The van der Waals surface area contributed by atoms with Gasteiger partial charge in [-0.05, 0) is 48.1 Å². The summed E-state index contributed by atoms with van der Waals surface area (Å²) >= 11 is 1.41. The molecule has 1 unspecified atom stereocenters. The van der Waals surface area contributed by atoms with Crippen molar-refractivity contribution in [2.24, 2.45) is 0 Å². The predicted octanol–water partition coefficient (Wildman–Crippen LogP) is 2.45. The van der Waals surface area contributed by atoms with Gasteiger partial charge in [0.05, 0.1) is 24.4 Å². The van der Waals surface area contributed by atoms with Crippen LogP contribution in [0.15, 0.2) is 35.7 Å².